The van der Waals surface area contributed by atoms with Crippen molar-refractivity contribution in [1.29, 1.82) is 0 Å². The normalized spacial score (nSPS) is 12.6. The summed E-state index contributed by atoms with van der Waals surface area (Å²) in [4.78, 5) is 2.40. The Morgan fingerprint density at radius 1 is 0.323 bits per heavy atom. The zero-order valence-electron chi connectivity index (χ0n) is 36.4. The summed E-state index contributed by atoms with van der Waals surface area (Å²) < 4.78 is 6.48. The van der Waals surface area contributed by atoms with Gasteiger partial charge in [0, 0.05) is 38.8 Å². The lowest BCUT2D eigenvalue weighted by Crippen LogP contribution is -2.16. The van der Waals surface area contributed by atoms with Gasteiger partial charge in [0.2, 0.25) is 0 Å². The minimum Gasteiger partial charge on any atom is -0.455 e. The maximum absolute atomic E-state index is 6.48. The molecule has 0 radical (unpaired) electrons. The van der Waals surface area contributed by atoms with Crippen molar-refractivity contribution in [3.63, 3.8) is 0 Å². The van der Waals surface area contributed by atoms with E-state index in [1.807, 2.05) is 12.1 Å². The number of para-hydroxylation sites is 2. The zero-order chi connectivity index (χ0) is 43.5. The van der Waals surface area contributed by atoms with Crippen molar-refractivity contribution >= 4 is 39.0 Å². The molecule has 1 heterocycles. The van der Waals surface area contributed by atoms with Crippen LogP contribution in [0.25, 0.3) is 88.7 Å². The third kappa shape index (κ3) is 6.49. The van der Waals surface area contributed by atoms with E-state index in [0.29, 0.717) is 0 Å². The highest BCUT2D eigenvalue weighted by Gasteiger charge is 2.35. The highest BCUT2D eigenvalue weighted by Crippen LogP contribution is 2.51. The number of furan rings is 1. The topological polar surface area (TPSA) is 16.4 Å². The molecule has 1 aliphatic rings. The van der Waals surface area contributed by atoms with Gasteiger partial charge in [0.25, 0.3) is 0 Å². The summed E-state index contributed by atoms with van der Waals surface area (Å²) in [6, 6.07) is 85.8. The van der Waals surface area contributed by atoms with Gasteiger partial charge in [-0.05, 0) is 115 Å². The van der Waals surface area contributed by atoms with E-state index in [1.54, 1.807) is 0 Å². The van der Waals surface area contributed by atoms with Crippen molar-refractivity contribution in [2.24, 2.45) is 0 Å². The molecular formula is C63H45NO. The van der Waals surface area contributed by atoms with E-state index in [0.717, 1.165) is 55.7 Å². The molecule has 11 aromatic rings. The van der Waals surface area contributed by atoms with Crippen molar-refractivity contribution in [2.45, 2.75) is 19.3 Å². The lowest BCUT2D eigenvalue weighted by atomic mass is 9.82. The van der Waals surface area contributed by atoms with Gasteiger partial charge in [0.1, 0.15) is 11.2 Å². The second-order valence-corrected chi connectivity index (χ2v) is 17.6. The van der Waals surface area contributed by atoms with Gasteiger partial charge in [0.15, 0.2) is 0 Å². The van der Waals surface area contributed by atoms with E-state index in [2.05, 4.69) is 243 Å². The van der Waals surface area contributed by atoms with E-state index in [9.17, 15) is 0 Å². The van der Waals surface area contributed by atoms with Crippen LogP contribution in [0.5, 0.6) is 0 Å². The van der Waals surface area contributed by atoms with Crippen LogP contribution in [-0.4, -0.2) is 0 Å². The van der Waals surface area contributed by atoms with Gasteiger partial charge >= 0.3 is 0 Å². The molecule has 2 nitrogen and oxygen atoms in total. The molecular weight excluding hydrogens is 787 g/mol. The second-order valence-electron chi connectivity index (χ2n) is 17.6. The predicted molar refractivity (Wildman–Crippen MR) is 273 cm³/mol. The molecule has 0 bridgehead atoms. The van der Waals surface area contributed by atoms with Crippen LogP contribution in [0.2, 0.25) is 0 Å². The molecule has 0 atom stereocenters. The standard InChI is InChI=1S/C63H45NO/c1-63(2)58-29-13-11-22-53(58)54-40-39-48(41-59(54)63)64(47-37-33-45(34-38-47)52-27-16-28-57-55-23-12-14-30-60(55)65-62(52)57)46-35-31-44(32-36-46)51-26-15-25-50(43-19-7-4-8-20-43)61(51)56-24-10-9-21-49(56)42-17-5-3-6-18-42/h3-41H,1-2H3. The van der Waals surface area contributed by atoms with Crippen molar-refractivity contribution in [3.05, 3.63) is 248 Å². The van der Waals surface area contributed by atoms with Gasteiger partial charge in [-0.2, -0.15) is 0 Å². The predicted octanol–water partition coefficient (Wildman–Crippen LogP) is 17.7. The lowest BCUT2D eigenvalue weighted by Gasteiger charge is -2.28. The van der Waals surface area contributed by atoms with Gasteiger partial charge in [-0.15, -0.1) is 0 Å². The Balaban J connectivity index is 0.998. The molecule has 12 rings (SSSR count). The first-order valence-corrected chi connectivity index (χ1v) is 22.5. The quantitative estimate of drug-likeness (QED) is 0.152. The summed E-state index contributed by atoms with van der Waals surface area (Å²) in [5, 5.41) is 2.27. The first-order chi connectivity index (χ1) is 32.0. The van der Waals surface area contributed by atoms with Crippen LogP contribution >= 0.6 is 0 Å². The number of hydrogen-bond acceptors (Lipinski definition) is 2. The SMILES string of the molecule is CC1(C)c2ccccc2-c2ccc(N(c3ccc(-c4cccc(-c5ccccc5)c4-c4ccccc4-c4ccccc4)cc3)c3ccc(-c4cccc5c4oc4ccccc45)cc3)cc21. The Morgan fingerprint density at radius 3 is 1.48 bits per heavy atom. The second kappa shape index (κ2) is 15.6. The van der Waals surface area contributed by atoms with E-state index in [1.165, 1.54) is 61.2 Å². The molecule has 0 spiro atoms. The van der Waals surface area contributed by atoms with Gasteiger partial charge < -0.3 is 9.32 Å². The summed E-state index contributed by atoms with van der Waals surface area (Å²) in [7, 11) is 0. The van der Waals surface area contributed by atoms with Gasteiger partial charge in [-0.3, -0.25) is 0 Å². The number of rotatable bonds is 8. The van der Waals surface area contributed by atoms with Crippen LogP contribution in [0.3, 0.4) is 0 Å². The number of nitrogens with zero attached hydrogens (tertiary/aromatic N) is 1. The number of anilines is 3. The Hall–Kier alpha value is -8.20. The largest absolute Gasteiger partial charge is 0.455 e. The Kier molecular flexibility index (Phi) is 9.21. The molecule has 10 aromatic carbocycles. The summed E-state index contributed by atoms with van der Waals surface area (Å²) >= 11 is 0. The summed E-state index contributed by atoms with van der Waals surface area (Å²) in [5.74, 6) is 0. The van der Waals surface area contributed by atoms with E-state index < -0.39 is 0 Å². The Labute approximate surface area is 380 Å². The molecule has 0 amide bonds. The smallest absolute Gasteiger partial charge is 0.143 e. The fourth-order valence-electron chi connectivity index (χ4n) is 10.3. The molecule has 2 heteroatoms. The van der Waals surface area contributed by atoms with Crippen molar-refractivity contribution in [2.75, 3.05) is 4.90 Å². The van der Waals surface area contributed by atoms with Crippen LogP contribution in [0.4, 0.5) is 17.1 Å². The molecule has 0 N–H and O–H groups in total. The lowest BCUT2D eigenvalue weighted by molar-refractivity contribution is 0.660. The fraction of sp³-hybridized carbons (Fsp3) is 0.0476. The number of hydrogen-bond donors (Lipinski definition) is 0. The first kappa shape index (κ1) is 38.5. The molecule has 1 aliphatic carbocycles. The third-order valence-electron chi connectivity index (χ3n) is 13.5. The average molecular weight is 832 g/mol. The number of fused-ring (bicyclic) bond motifs is 6. The van der Waals surface area contributed by atoms with Crippen LogP contribution in [0.15, 0.2) is 241 Å². The van der Waals surface area contributed by atoms with Crippen LogP contribution < -0.4 is 4.90 Å². The zero-order valence-corrected chi connectivity index (χ0v) is 36.4. The van der Waals surface area contributed by atoms with E-state index in [-0.39, 0.29) is 5.41 Å². The maximum Gasteiger partial charge on any atom is 0.143 e. The molecule has 1 aromatic heterocycles. The Morgan fingerprint density at radius 2 is 0.785 bits per heavy atom. The monoisotopic (exact) mass is 831 g/mol. The maximum atomic E-state index is 6.48. The van der Waals surface area contributed by atoms with Crippen molar-refractivity contribution in [1.82, 2.24) is 0 Å². The Bertz CT molecular complexity index is 3540. The van der Waals surface area contributed by atoms with Crippen LogP contribution in [0.1, 0.15) is 25.0 Å². The molecule has 0 unspecified atom stereocenters. The van der Waals surface area contributed by atoms with Gasteiger partial charge in [0.05, 0.1) is 0 Å². The van der Waals surface area contributed by atoms with E-state index >= 15 is 0 Å². The van der Waals surface area contributed by atoms with Crippen LogP contribution in [-0.2, 0) is 5.41 Å². The van der Waals surface area contributed by atoms with E-state index in [4.69, 9.17) is 4.42 Å². The highest BCUT2D eigenvalue weighted by atomic mass is 16.3. The molecule has 0 fully saturated rings. The summed E-state index contributed by atoms with van der Waals surface area (Å²) in [5.41, 5.74) is 22.1. The fourth-order valence-corrected chi connectivity index (χ4v) is 10.3. The van der Waals surface area contributed by atoms with Crippen molar-refractivity contribution < 1.29 is 4.42 Å². The molecule has 0 saturated carbocycles. The molecule has 308 valence electrons. The van der Waals surface area contributed by atoms with Gasteiger partial charge in [-0.1, -0.05) is 208 Å². The minimum atomic E-state index is -0.136. The summed E-state index contributed by atoms with van der Waals surface area (Å²) in [6.07, 6.45) is 0. The average Bonchev–Trinajstić information content (AvgIpc) is 3.86. The van der Waals surface area contributed by atoms with Crippen LogP contribution in [0, 0.1) is 0 Å². The van der Waals surface area contributed by atoms with Gasteiger partial charge in [-0.25, -0.2) is 0 Å². The molecule has 0 saturated heterocycles. The molecule has 65 heavy (non-hydrogen) atoms. The third-order valence-corrected chi connectivity index (χ3v) is 13.5. The number of benzene rings is 10. The van der Waals surface area contributed by atoms with Crippen molar-refractivity contribution in [3.8, 4) is 66.8 Å². The highest BCUT2D eigenvalue weighted by molar-refractivity contribution is 6.09. The molecule has 0 aliphatic heterocycles. The summed E-state index contributed by atoms with van der Waals surface area (Å²) in [6.45, 7) is 4.70. The first-order valence-electron chi connectivity index (χ1n) is 22.5. The minimum absolute atomic E-state index is 0.136.